The van der Waals surface area contributed by atoms with Gasteiger partial charge in [0.2, 0.25) is 0 Å². The Morgan fingerprint density at radius 2 is 2.46 bits per heavy atom. The zero-order valence-corrected chi connectivity index (χ0v) is 8.65. The van der Waals surface area contributed by atoms with E-state index in [0.29, 0.717) is 16.7 Å². The normalized spacial score (nSPS) is 10.0. The van der Waals surface area contributed by atoms with E-state index in [-0.39, 0.29) is 5.97 Å². The second-order valence-corrected chi connectivity index (χ2v) is 3.63. The minimum atomic E-state index is -0.234. The summed E-state index contributed by atoms with van der Waals surface area (Å²) in [7, 11) is 1.37. The second-order valence-electron chi connectivity index (χ2n) is 2.27. The number of ether oxygens (including phenoxy) is 1. The van der Waals surface area contributed by atoms with Crippen molar-refractivity contribution in [2.75, 3.05) is 12.9 Å². The number of esters is 1. The highest BCUT2D eigenvalue weighted by molar-refractivity contribution is 7.99. The van der Waals surface area contributed by atoms with Crippen LogP contribution in [0, 0.1) is 0 Å². The summed E-state index contributed by atoms with van der Waals surface area (Å²) >= 11 is 6.99. The molecular formula is C8H9ClO3S. The number of carbonyl (C=O) groups excluding carboxylic acids is 1. The van der Waals surface area contributed by atoms with E-state index in [2.05, 4.69) is 4.74 Å². The monoisotopic (exact) mass is 220 g/mol. The molecule has 1 rings (SSSR count). The highest BCUT2D eigenvalue weighted by atomic mass is 35.5. The Balaban J connectivity index is 2.24. The number of halogens is 1. The van der Waals surface area contributed by atoms with Gasteiger partial charge in [-0.3, -0.25) is 4.79 Å². The number of methoxy groups -OCH3 is 1. The molecule has 0 saturated carbocycles. The van der Waals surface area contributed by atoms with Crippen LogP contribution in [0.25, 0.3) is 0 Å². The lowest BCUT2D eigenvalue weighted by molar-refractivity contribution is -0.137. The third-order valence-corrected chi connectivity index (χ3v) is 2.45. The van der Waals surface area contributed by atoms with Gasteiger partial charge in [0.15, 0.2) is 5.22 Å². The van der Waals surface area contributed by atoms with Gasteiger partial charge in [-0.15, -0.1) is 11.8 Å². The van der Waals surface area contributed by atoms with Crippen LogP contribution in [-0.2, 0) is 15.3 Å². The van der Waals surface area contributed by atoms with Crippen LogP contribution in [0.5, 0.6) is 0 Å². The molecule has 0 aliphatic heterocycles. The number of hydrogen-bond donors (Lipinski definition) is 0. The zero-order valence-electron chi connectivity index (χ0n) is 7.08. The van der Waals surface area contributed by atoms with Gasteiger partial charge in [-0.05, 0) is 23.7 Å². The Morgan fingerprint density at radius 3 is 3.00 bits per heavy atom. The smallest absolute Gasteiger partial charge is 0.315 e. The molecule has 0 aromatic carbocycles. The zero-order chi connectivity index (χ0) is 9.68. The minimum absolute atomic E-state index is 0.234. The fraction of sp³-hybridized carbons (Fsp3) is 0.375. The Labute approximate surface area is 85.4 Å². The van der Waals surface area contributed by atoms with Crippen molar-refractivity contribution in [3.8, 4) is 0 Å². The van der Waals surface area contributed by atoms with Crippen molar-refractivity contribution < 1.29 is 13.9 Å². The molecule has 0 N–H and O–H groups in total. The fourth-order valence-electron chi connectivity index (χ4n) is 0.723. The molecule has 13 heavy (non-hydrogen) atoms. The molecule has 0 bridgehead atoms. The first-order chi connectivity index (χ1) is 6.22. The quantitative estimate of drug-likeness (QED) is 0.731. The van der Waals surface area contributed by atoms with Gasteiger partial charge in [-0.1, -0.05) is 0 Å². The molecule has 5 heteroatoms. The molecule has 0 radical (unpaired) electrons. The number of rotatable bonds is 4. The molecule has 0 aliphatic rings. The van der Waals surface area contributed by atoms with Crippen molar-refractivity contribution in [3.05, 3.63) is 23.1 Å². The van der Waals surface area contributed by atoms with E-state index in [9.17, 15) is 4.79 Å². The van der Waals surface area contributed by atoms with Gasteiger partial charge >= 0.3 is 5.97 Å². The van der Waals surface area contributed by atoms with Crippen LogP contribution in [0.1, 0.15) is 5.76 Å². The molecule has 0 atom stereocenters. The first-order valence-electron chi connectivity index (χ1n) is 3.61. The van der Waals surface area contributed by atoms with Crippen LogP contribution in [0.15, 0.2) is 16.5 Å². The van der Waals surface area contributed by atoms with Crippen molar-refractivity contribution in [1.82, 2.24) is 0 Å². The maximum absolute atomic E-state index is 10.7. The van der Waals surface area contributed by atoms with E-state index in [1.807, 2.05) is 0 Å². The molecule has 0 aliphatic carbocycles. The summed E-state index contributed by atoms with van der Waals surface area (Å²) in [4.78, 5) is 10.7. The SMILES string of the molecule is COC(=O)CSCc1ccc(Cl)o1. The van der Waals surface area contributed by atoms with Crippen LogP contribution in [-0.4, -0.2) is 18.8 Å². The van der Waals surface area contributed by atoms with Gasteiger partial charge in [0.1, 0.15) is 5.76 Å². The summed E-state index contributed by atoms with van der Waals surface area (Å²) in [6, 6.07) is 3.46. The largest absolute Gasteiger partial charge is 0.468 e. The summed E-state index contributed by atoms with van der Waals surface area (Å²) in [5.41, 5.74) is 0. The van der Waals surface area contributed by atoms with Crippen molar-refractivity contribution in [3.63, 3.8) is 0 Å². The van der Waals surface area contributed by atoms with E-state index in [1.54, 1.807) is 12.1 Å². The highest BCUT2D eigenvalue weighted by Crippen LogP contribution is 2.18. The summed E-state index contributed by atoms with van der Waals surface area (Å²) in [6.45, 7) is 0. The predicted octanol–water partition coefficient (Wildman–Crippen LogP) is 2.34. The minimum Gasteiger partial charge on any atom is -0.468 e. The van der Waals surface area contributed by atoms with E-state index < -0.39 is 0 Å². The first kappa shape index (κ1) is 10.5. The highest BCUT2D eigenvalue weighted by Gasteiger charge is 2.03. The Bertz CT molecular complexity index is 285. The summed E-state index contributed by atoms with van der Waals surface area (Å²) < 4.78 is 9.57. The molecule has 72 valence electrons. The number of thioether (sulfide) groups is 1. The fourth-order valence-corrected chi connectivity index (χ4v) is 1.63. The number of carbonyl (C=O) groups is 1. The Morgan fingerprint density at radius 1 is 1.69 bits per heavy atom. The van der Waals surface area contributed by atoms with Gasteiger partial charge in [-0.25, -0.2) is 0 Å². The van der Waals surface area contributed by atoms with Crippen LogP contribution >= 0.6 is 23.4 Å². The van der Waals surface area contributed by atoms with Crippen molar-refractivity contribution in [2.24, 2.45) is 0 Å². The number of hydrogen-bond acceptors (Lipinski definition) is 4. The molecule has 0 saturated heterocycles. The van der Waals surface area contributed by atoms with E-state index in [4.69, 9.17) is 16.0 Å². The molecule has 0 fully saturated rings. The maximum atomic E-state index is 10.7. The van der Waals surface area contributed by atoms with Crippen LogP contribution < -0.4 is 0 Å². The third kappa shape index (κ3) is 3.74. The first-order valence-corrected chi connectivity index (χ1v) is 5.14. The Kier molecular flexibility index (Phi) is 4.18. The lowest BCUT2D eigenvalue weighted by Gasteiger charge is -1.97. The van der Waals surface area contributed by atoms with Gasteiger partial charge in [0.05, 0.1) is 18.6 Å². The van der Waals surface area contributed by atoms with Crippen molar-refractivity contribution >= 4 is 29.3 Å². The predicted molar refractivity (Wildman–Crippen MR) is 51.9 cm³/mol. The van der Waals surface area contributed by atoms with E-state index >= 15 is 0 Å². The standard InChI is InChI=1S/C8H9ClO3S/c1-11-8(10)5-13-4-6-2-3-7(9)12-6/h2-3H,4-5H2,1H3. The lowest BCUT2D eigenvalue weighted by Crippen LogP contribution is -2.02. The van der Waals surface area contributed by atoms with Crippen molar-refractivity contribution in [2.45, 2.75) is 5.75 Å². The molecule has 0 unspecified atom stereocenters. The van der Waals surface area contributed by atoms with Crippen LogP contribution in [0.3, 0.4) is 0 Å². The topological polar surface area (TPSA) is 39.4 Å². The average molecular weight is 221 g/mol. The molecule has 1 heterocycles. The number of furan rings is 1. The van der Waals surface area contributed by atoms with E-state index in [1.165, 1.54) is 18.9 Å². The molecule has 0 amide bonds. The average Bonchev–Trinajstić information content (AvgIpc) is 2.51. The van der Waals surface area contributed by atoms with Gasteiger partial charge < -0.3 is 9.15 Å². The summed E-state index contributed by atoms with van der Waals surface area (Å²) in [5, 5.41) is 0.369. The second kappa shape index (κ2) is 5.19. The van der Waals surface area contributed by atoms with Gasteiger partial charge in [0, 0.05) is 0 Å². The lowest BCUT2D eigenvalue weighted by atomic mass is 10.5. The van der Waals surface area contributed by atoms with Gasteiger partial charge in [-0.2, -0.15) is 0 Å². The Hall–Kier alpha value is -0.610. The van der Waals surface area contributed by atoms with Crippen LogP contribution in [0.2, 0.25) is 5.22 Å². The summed E-state index contributed by atoms with van der Waals surface area (Å²) in [6.07, 6.45) is 0. The van der Waals surface area contributed by atoms with Gasteiger partial charge in [0.25, 0.3) is 0 Å². The van der Waals surface area contributed by atoms with Crippen molar-refractivity contribution in [1.29, 1.82) is 0 Å². The molecule has 1 aromatic rings. The molecule has 1 aromatic heterocycles. The van der Waals surface area contributed by atoms with E-state index in [0.717, 1.165) is 5.76 Å². The summed E-state index contributed by atoms with van der Waals surface area (Å²) in [5.74, 6) is 1.48. The maximum Gasteiger partial charge on any atom is 0.315 e. The van der Waals surface area contributed by atoms with Crippen LogP contribution in [0.4, 0.5) is 0 Å². The third-order valence-electron chi connectivity index (χ3n) is 1.32. The molecular weight excluding hydrogens is 212 g/mol. The molecule has 3 nitrogen and oxygen atoms in total. The molecule has 0 spiro atoms.